The summed E-state index contributed by atoms with van der Waals surface area (Å²) in [6.07, 6.45) is 1.53. The third-order valence-corrected chi connectivity index (χ3v) is 3.88. The zero-order valence-corrected chi connectivity index (χ0v) is 13.1. The standard InChI is InChI=1S/C17H19N3O3/c1-17(2,16(21)20-12-4-6-15(18)19-10-12)11-3-5-13-14(9-11)23-8-7-22-13/h3-6,9-10H,7-8H2,1-2H3,(H2,18,19)(H,20,21). The Kier molecular flexibility index (Phi) is 3.82. The van der Waals surface area contributed by atoms with Crippen molar-refractivity contribution in [3.05, 3.63) is 42.1 Å². The zero-order chi connectivity index (χ0) is 16.4. The molecule has 1 aliphatic heterocycles. The molecule has 23 heavy (non-hydrogen) atoms. The Bertz CT molecular complexity index is 726. The lowest BCUT2D eigenvalue weighted by Crippen LogP contribution is -2.35. The molecule has 1 aromatic carbocycles. The summed E-state index contributed by atoms with van der Waals surface area (Å²) in [6.45, 7) is 4.78. The molecule has 0 atom stereocenters. The maximum atomic E-state index is 12.6. The van der Waals surface area contributed by atoms with Crippen molar-refractivity contribution in [3.8, 4) is 11.5 Å². The number of nitrogen functional groups attached to an aromatic ring is 1. The van der Waals surface area contributed by atoms with E-state index in [0.29, 0.717) is 36.2 Å². The summed E-state index contributed by atoms with van der Waals surface area (Å²) in [6, 6.07) is 8.94. The van der Waals surface area contributed by atoms with Gasteiger partial charge in [0, 0.05) is 0 Å². The van der Waals surface area contributed by atoms with Crippen LogP contribution in [0.15, 0.2) is 36.5 Å². The first-order chi connectivity index (χ1) is 11.0. The molecule has 3 rings (SSSR count). The van der Waals surface area contributed by atoms with Crippen LogP contribution in [-0.4, -0.2) is 24.1 Å². The van der Waals surface area contributed by atoms with E-state index in [-0.39, 0.29) is 5.91 Å². The molecule has 0 spiro atoms. The average molecular weight is 313 g/mol. The van der Waals surface area contributed by atoms with Gasteiger partial charge in [-0.15, -0.1) is 0 Å². The van der Waals surface area contributed by atoms with Gasteiger partial charge in [0.1, 0.15) is 19.0 Å². The number of hydrogen-bond acceptors (Lipinski definition) is 5. The average Bonchev–Trinajstić information content (AvgIpc) is 2.56. The molecule has 0 unspecified atom stereocenters. The molecule has 6 nitrogen and oxygen atoms in total. The van der Waals surface area contributed by atoms with Crippen LogP contribution in [0.3, 0.4) is 0 Å². The first kappa shape index (κ1) is 15.1. The molecule has 2 heterocycles. The van der Waals surface area contributed by atoms with E-state index in [2.05, 4.69) is 10.3 Å². The van der Waals surface area contributed by atoms with E-state index in [4.69, 9.17) is 15.2 Å². The molecule has 0 saturated carbocycles. The number of nitrogens with zero attached hydrogens (tertiary/aromatic N) is 1. The second-order valence-electron chi connectivity index (χ2n) is 5.91. The summed E-state index contributed by atoms with van der Waals surface area (Å²) in [4.78, 5) is 16.6. The Morgan fingerprint density at radius 1 is 1.17 bits per heavy atom. The second-order valence-corrected chi connectivity index (χ2v) is 5.91. The Morgan fingerprint density at radius 2 is 1.91 bits per heavy atom. The van der Waals surface area contributed by atoms with Crippen LogP contribution in [0, 0.1) is 0 Å². The Labute approximate surface area is 134 Å². The lowest BCUT2D eigenvalue weighted by atomic mass is 9.83. The second kappa shape index (κ2) is 5.79. The molecular formula is C17H19N3O3. The van der Waals surface area contributed by atoms with Crippen molar-refractivity contribution in [2.75, 3.05) is 24.3 Å². The van der Waals surface area contributed by atoms with Crippen LogP contribution in [0.4, 0.5) is 11.5 Å². The van der Waals surface area contributed by atoms with Crippen molar-refractivity contribution in [1.29, 1.82) is 0 Å². The van der Waals surface area contributed by atoms with Gasteiger partial charge in [-0.05, 0) is 43.7 Å². The fourth-order valence-electron chi connectivity index (χ4n) is 2.33. The molecule has 1 aromatic heterocycles. The Morgan fingerprint density at radius 3 is 2.61 bits per heavy atom. The first-order valence-corrected chi connectivity index (χ1v) is 7.40. The zero-order valence-electron chi connectivity index (χ0n) is 13.1. The number of carbonyl (C=O) groups excluding carboxylic acids is 1. The Hall–Kier alpha value is -2.76. The molecular weight excluding hydrogens is 294 g/mol. The fraction of sp³-hybridized carbons (Fsp3) is 0.294. The topological polar surface area (TPSA) is 86.5 Å². The number of carbonyl (C=O) groups is 1. The van der Waals surface area contributed by atoms with Crippen LogP contribution in [0.5, 0.6) is 11.5 Å². The fourth-order valence-corrected chi connectivity index (χ4v) is 2.33. The van der Waals surface area contributed by atoms with E-state index in [1.165, 1.54) is 6.20 Å². The van der Waals surface area contributed by atoms with Crippen LogP contribution in [-0.2, 0) is 10.2 Å². The van der Waals surface area contributed by atoms with Gasteiger partial charge in [0.25, 0.3) is 0 Å². The number of rotatable bonds is 3. The number of ether oxygens (including phenoxy) is 2. The monoisotopic (exact) mass is 313 g/mol. The van der Waals surface area contributed by atoms with Gasteiger partial charge in [0.05, 0.1) is 17.3 Å². The van der Waals surface area contributed by atoms with Gasteiger partial charge in [-0.3, -0.25) is 4.79 Å². The molecule has 0 radical (unpaired) electrons. The molecule has 3 N–H and O–H groups in total. The number of hydrogen-bond donors (Lipinski definition) is 2. The van der Waals surface area contributed by atoms with Crippen molar-refractivity contribution in [2.24, 2.45) is 0 Å². The Balaban J connectivity index is 1.82. The summed E-state index contributed by atoms with van der Waals surface area (Å²) in [5.41, 5.74) is 6.27. The third-order valence-electron chi connectivity index (χ3n) is 3.88. The van der Waals surface area contributed by atoms with E-state index in [0.717, 1.165) is 5.56 Å². The predicted molar refractivity (Wildman–Crippen MR) is 87.7 cm³/mol. The minimum atomic E-state index is -0.739. The third kappa shape index (κ3) is 3.06. The van der Waals surface area contributed by atoms with Crippen LogP contribution in [0.1, 0.15) is 19.4 Å². The number of fused-ring (bicyclic) bond motifs is 1. The maximum Gasteiger partial charge on any atom is 0.234 e. The highest BCUT2D eigenvalue weighted by Gasteiger charge is 2.31. The van der Waals surface area contributed by atoms with Gasteiger partial charge in [0.2, 0.25) is 5.91 Å². The van der Waals surface area contributed by atoms with E-state index >= 15 is 0 Å². The van der Waals surface area contributed by atoms with Gasteiger partial charge < -0.3 is 20.5 Å². The highest BCUT2D eigenvalue weighted by molar-refractivity contribution is 5.98. The highest BCUT2D eigenvalue weighted by atomic mass is 16.6. The van der Waals surface area contributed by atoms with E-state index in [1.807, 2.05) is 32.0 Å². The summed E-state index contributed by atoms with van der Waals surface area (Å²) in [5, 5.41) is 2.86. The lowest BCUT2D eigenvalue weighted by Gasteiger charge is -2.26. The molecule has 6 heteroatoms. The number of nitrogens with two attached hydrogens (primary N) is 1. The van der Waals surface area contributed by atoms with Gasteiger partial charge in [-0.1, -0.05) is 6.07 Å². The summed E-state index contributed by atoms with van der Waals surface area (Å²) in [5.74, 6) is 1.65. The van der Waals surface area contributed by atoms with Crippen molar-refractivity contribution in [1.82, 2.24) is 4.98 Å². The molecule has 2 aromatic rings. The lowest BCUT2D eigenvalue weighted by molar-refractivity contribution is -0.120. The smallest absolute Gasteiger partial charge is 0.234 e. The molecule has 0 aliphatic carbocycles. The van der Waals surface area contributed by atoms with E-state index in [9.17, 15) is 4.79 Å². The van der Waals surface area contributed by atoms with Crippen LogP contribution in [0.2, 0.25) is 0 Å². The van der Waals surface area contributed by atoms with Crippen molar-refractivity contribution >= 4 is 17.4 Å². The molecule has 0 saturated heterocycles. The van der Waals surface area contributed by atoms with Gasteiger partial charge in [-0.2, -0.15) is 0 Å². The number of anilines is 2. The SMILES string of the molecule is CC(C)(C(=O)Nc1ccc(N)nc1)c1ccc2c(c1)OCCO2. The minimum Gasteiger partial charge on any atom is -0.486 e. The number of amides is 1. The number of aromatic nitrogens is 1. The summed E-state index contributed by atoms with van der Waals surface area (Å²) >= 11 is 0. The van der Waals surface area contributed by atoms with E-state index < -0.39 is 5.41 Å². The van der Waals surface area contributed by atoms with Crippen molar-refractivity contribution in [2.45, 2.75) is 19.3 Å². The van der Waals surface area contributed by atoms with Crippen molar-refractivity contribution < 1.29 is 14.3 Å². The van der Waals surface area contributed by atoms with Gasteiger partial charge in [0.15, 0.2) is 11.5 Å². The quantitative estimate of drug-likeness (QED) is 0.908. The van der Waals surface area contributed by atoms with Crippen LogP contribution >= 0.6 is 0 Å². The molecule has 0 fully saturated rings. The molecule has 0 bridgehead atoms. The van der Waals surface area contributed by atoms with Crippen LogP contribution in [0.25, 0.3) is 0 Å². The number of pyridine rings is 1. The van der Waals surface area contributed by atoms with Crippen molar-refractivity contribution in [3.63, 3.8) is 0 Å². The van der Waals surface area contributed by atoms with Gasteiger partial charge in [-0.25, -0.2) is 4.98 Å². The highest BCUT2D eigenvalue weighted by Crippen LogP contribution is 2.35. The maximum absolute atomic E-state index is 12.6. The number of nitrogens with one attached hydrogen (secondary N) is 1. The predicted octanol–water partition coefficient (Wildman–Crippen LogP) is 2.35. The normalized spacial score (nSPS) is 13.5. The molecule has 1 aliphatic rings. The molecule has 1 amide bonds. The minimum absolute atomic E-state index is 0.138. The van der Waals surface area contributed by atoms with Crippen LogP contribution < -0.4 is 20.5 Å². The summed E-state index contributed by atoms with van der Waals surface area (Å²) in [7, 11) is 0. The number of benzene rings is 1. The molecule has 120 valence electrons. The summed E-state index contributed by atoms with van der Waals surface area (Å²) < 4.78 is 11.1. The van der Waals surface area contributed by atoms with E-state index in [1.54, 1.807) is 12.1 Å². The van der Waals surface area contributed by atoms with Gasteiger partial charge >= 0.3 is 0 Å². The largest absolute Gasteiger partial charge is 0.486 e. The first-order valence-electron chi connectivity index (χ1n) is 7.40.